The second-order valence-corrected chi connectivity index (χ2v) is 5.98. The van der Waals surface area contributed by atoms with Crippen molar-refractivity contribution in [3.05, 3.63) is 12.7 Å². The molecule has 2 nitrogen and oxygen atoms in total. The lowest BCUT2D eigenvalue weighted by molar-refractivity contribution is 0.509. The molecule has 0 bridgehead atoms. The predicted molar refractivity (Wildman–Crippen MR) is 64.1 cm³/mol. The van der Waals surface area contributed by atoms with Crippen LogP contribution < -0.4 is 11.3 Å². The van der Waals surface area contributed by atoms with Gasteiger partial charge in [-0.05, 0) is 6.42 Å². The summed E-state index contributed by atoms with van der Waals surface area (Å²) in [5.41, 5.74) is 2.90. The van der Waals surface area contributed by atoms with Gasteiger partial charge < -0.3 is 0 Å². The Bertz CT molecular complexity index is 164. The summed E-state index contributed by atoms with van der Waals surface area (Å²) in [6, 6.07) is 0.380. The zero-order valence-corrected chi connectivity index (χ0v) is 9.66. The van der Waals surface area contributed by atoms with Crippen LogP contribution in [0.2, 0.25) is 0 Å². The maximum Gasteiger partial charge on any atom is 0.0374 e. The molecule has 1 fully saturated rings. The zero-order valence-electron chi connectivity index (χ0n) is 8.03. The molecule has 0 aromatic carbocycles. The fraction of sp³-hybridized carbons (Fsp3) is 0.778. The van der Waals surface area contributed by atoms with E-state index in [1.807, 2.05) is 29.6 Å². The number of nitrogens with one attached hydrogen (secondary N) is 1. The van der Waals surface area contributed by atoms with Crippen LogP contribution in [0.15, 0.2) is 12.7 Å². The summed E-state index contributed by atoms with van der Waals surface area (Å²) < 4.78 is 0. The van der Waals surface area contributed by atoms with Crippen molar-refractivity contribution < 1.29 is 0 Å². The fourth-order valence-corrected chi connectivity index (χ4v) is 4.53. The van der Waals surface area contributed by atoms with Crippen molar-refractivity contribution in [3.63, 3.8) is 0 Å². The lowest BCUT2D eigenvalue weighted by atomic mass is 10.1. The minimum absolute atomic E-state index is 0.380. The molecule has 1 aliphatic rings. The molecular formula is C9H18N2S2. The maximum absolute atomic E-state index is 5.53. The third-order valence-corrected chi connectivity index (χ3v) is 5.52. The molecule has 0 radical (unpaired) electrons. The van der Waals surface area contributed by atoms with E-state index in [0.717, 1.165) is 6.42 Å². The van der Waals surface area contributed by atoms with Gasteiger partial charge in [-0.15, -0.1) is 6.58 Å². The van der Waals surface area contributed by atoms with E-state index >= 15 is 0 Å². The molecule has 0 aromatic rings. The Kier molecular flexibility index (Phi) is 5.24. The number of thioether (sulfide) groups is 2. The summed E-state index contributed by atoms with van der Waals surface area (Å²) >= 11 is 4.08. The highest BCUT2D eigenvalue weighted by Crippen LogP contribution is 2.33. The van der Waals surface area contributed by atoms with Gasteiger partial charge in [0, 0.05) is 28.0 Å². The van der Waals surface area contributed by atoms with Gasteiger partial charge in [-0.2, -0.15) is 23.5 Å². The van der Waals surface area contributed by atoms with Crippen LogP contribution in [0.5, 0.6) is 0 Å². The van der Waals surface area contributed by atoms with Gasteiger partial charge in [0.25, 0.3) is 0 Å². The molecule has 1 saturated heterocycles. The summed E-state index contributed by atoms with van der Waals surface area (Å²) in [5.74, 6) is 8.05. The normalized spacial score (nSPS) is 31.2. The molecule has 0 aromatic heterocycles. The van der Waals surface area contributed by atoms with Crippen molar-refractivity contribution in [3.8, 4) is 0 Å². The average molecular weight is 218 g/mol. The van der Waals surface area contributed by atoms with E-state index in [-0.39, 0.29) is 0 Å². The summed E-state index contributed by atoms with van der Waals surface area (Å²) in [4.78, 5) is 0. The Morgan fingerprint density at radius 2 is 2.31 bits per heavy atom. The van der Waals surface area contributed by atoms with E-state index in [1.54, 1.807) is 0 Å². The lowest BCUT2D eigenvalue weighted by Crippen LogP contribution is -2.47. The van der Waals surface area contributed by atoms with Crippen molar-refractivity contribution in [2.75, 3.05) is 11.5 Å². The topological polar surface area (TPSA) is 38.0 Å². The van der Waals surface area contributed by atoms with Gasteiger partial charge in [0.05, 0.1) is 0 Å². The fourth-order valence-electron chi connectivity index (χ4n) is 1.57. The third kappa shape index (κ3) is 3.20. The first-order valence-electron chi connectivity index (χ1n) is 4.59. The van der Waals surface area contributed by atoms with E-state index in [9.17, 15) is 0 Å². The zero-order chi connectivity index (χ0) is 9.68. The molecule has 76 valence electrons. The third-order valence-electron chi connectivity index (χ3n) is 2.27. The van der Waals surface area contributed by atoms with Crippen LogP contribution in [0.1, 0.15) is 13.3 Å². The lowest BCUT2D eigenvalue weighted by Gasteiger charge is -2.33. The highest BCUT2D eigenvalue weighted by Gasteiger charge is 2.28. The van der Waals surface area contributed by atoms with Gasteiger partial charge in [0.1, 0.15) is 0 Å². The van der Waals surface area contributed by atoms with Gasteiger partial charge >= 0.3 is 0 Å². The number of nitrogens with two attached hydrogens (primary N) is 1. The number of hydrogen-bond acceptors (Lipinski definition) is 4. The smallest absolute Gasteiger partial charge is 0.0374 e. The average Bonchev–Trinajstić information content (AvgIpc) is 2.16. The van der Waals surface area contributed by atoms with Gasteiger partial charge in [-0.3, -0.25) is 11.3 Å². The summed E-state index contributed by atoms with van der Waals surface area (Å²) in [5, 5.41) is 1.32. The molecule has 1 rings (SSSR count). The maximum atomic E-state index is 5.53. The SMILES string of the molecule is C=CCC(NN)C1SCCSC1C. The molecule has 0 saturated carbocycles. The van der Waals surface area contributed by atoms with Gasteiger partial charge in [-0.25, -0.2) is 0 Å². The summed E-state index contributed by atoms with van der Waals surface area (Å²) in [6.45, 7) is 6.04. The standard InChI is InChI=1S/C9H18N2S2/c1-3-4-8(11-10)9-7(2)12-5-6-13-9/h3,7-9,11H,1,4-6,10H2,2H3. The van der Waals surface area contributed by atoms with Crippen LogP contribution >= 0.6 is 23.5 Å². The van der Waals surface area contributed by atoms with E-state index < -0.39 is 0 Å². The Morgan fingerprint density at radius 3 is 2.85 bits per heavy atom. The monoisotopic (exact) mass is 218 g/mol. The van der Waals surface area contributed by atoms with Gasteiger partial charge in [0.2, 0.25) is 0 Å². The number of rotatable bonds is 4. The molecule has 0 aliphatic carbocycles. The molecule has 3 N–H and O–H groups in total. The van der Waals surface area contributed by atoms with E-state index in [4.69, 9.17) is 5.84 Å². The van der Waals surface area contributed by atoms with Crippen LogP contribution in [-0.2, 0) is 0 Å². The molecular weight excluding hydrogens is 200 g/mol. The summed E-state index contributed by atoms with van der Waals surface area (Å²) in [6.07, 6.45) is 2.90. The van der Waals surface area contributed by atoms with E-state index in [2.05, 4.69) is 18.9 Å². The van der Waals surface area contributed by atoms with Gasteiger partial charge in [0.15, 0.2) is 0 Å². The molecule has 0 amide bonds. The first kappa shape index (κ1) is 11.4. The van der Waals surface area contributed by atoms with Crippen LogP contribution in [0.25, 0.3) is 0 Å². The van der Waals surface area contributed by atoms with Gasteiger partial charge in [-0.1, -0.05) is 13.0 Å². The Labute approximate surface area is 89.1 Å². The second kappa shape index (κ2) is 5.96. The highest BCUT2D eigenvalue weighted by atomic mass is 32.2. The largest absolute Gasteiger partial charge is 0.271 e. The molecule has 1 heterocycles. The van der Waals surface area contributed by atoms with Crippen molar-refractivity contribution in [1.82, 2.24) is 5.43 Å². The van der Waals surface area contributed by atoms with Crippen molar-refractivity contribution in [1.29, 1.82) is 0 Å². The van der Waals surface area contributed by atoms with Crippen molar-refractivity contribution in [2.24, 2.45) is 5.84 Å². The minimum atomic E-state index is 0.380. The van der Waals surface area contributed by atoms with Crippen LogP contribution in [-0.4, -0.2) is 28.0 Å². The predicted octanol–water partition coefficient (Wildman–Crippen LogP) is 1.63. The molecule has 3 atom stereocenters. The Balaban J connectivity index is 2.49. The van der Waals surface area contributed by atoms with Crippen LogP contribution in [0.4, 0.5) is 0 Å². The molecule has 0 spiro atoms. The highest BCUT2D eigenvalue weighted by molar-refractivity contribution is 8.07. The van der Waals surface area contributed by atoms with Crippen LogP contribution in [0.3, 0.4) is 0 Å². The van der Waals surface area contributed by atoms with Crippen LogP contribution in [0, 0.1) is 0 Å². The minimum Gasteiger partial charge on any atom is -0.271 e. The molecule has 3 unspecified atom stereocenters. The quantitative estimate of drug-likeness (QED) is 0.427. The Morgan fingerprint density at radius 1 is 1.62 bits per heavy atom. The first-order valence-corrected chi connectivity index (χ1v) is 6.69. The van der Waals surface area contributed by atoms with Crippen molar-refractivity contribution >= 4 is 23.5 Å². The number of hydrazine groups is 1. The molecule has 1 aliphatic heterocycles. The molecule has 13 heavy (non-hydrogen) atoms. The first-order chi connectivity index (χ1) is 6.29. The molecule has 4 heteroatoms. The van der Waals surface area contributed by atoms with E-state index in [1.165, 1.54) is 11.5 Å². The van der Waals surface area contributed by atoms with Crippen molar-refractivity contribution in [2.45, 2.75) is 29.9 Å². The Hall–Kier alpha value is 0.360. The summed E-state index contributed by atoms with van der Waals surface area (Å²) in [7, 11) is 0. The number of hydrogen-bond donors (Lipinski definition) is 2. The second-order valence-electron chi connectivity index (χ2n) is 3.21. The van der Waals surface area contributed by atoms with E-state index in [0.29, 0.717) is 16.5 Å².